The maximum Gasteiger partial charge on any atom is 0.288 e. The van der Waals surface area contributed by atoms with Crippen molar-refractivity contribution in [1.82, 2.24) is 4.57 Å². The second-order valence-electron chi connectivity index (χ2n) is 7.23. The summed E-state index contributed by atoms with van der Waals surface area (Å²) in [6.45, 7) is 9.39. The molecule has 0 saturated heterocycles. The van der Waals surface area contributed by atoms with Gasteiger partial charge in [0.15, 0.2) is 0 Å². The molecule has 0 bridgehead atoms. The van der Waals surface area contributed by atoms with Gasteiger partial charge in [-0.15, -0.1) is 0 Å². The lowest BCUT2D eigenvalue weighted by atomic mass is 9.92. The Bertz CT molecular complexity index is 903. The smallest absolute Gasteiger partial charge is 0.288 e. The van der Waals surface area contributed by atoms with E-state index in [2.05, 4.69) is 5.32 Å². The summed E-state index contributed by atoms with van der Waals surface area (Å²) in [7, 11) is 0. The SMILES string of the molecule is Cc1cc(=O)n(CC(=O)Nc2c(C(C)C)cccc2C(C)C)cc1[N+](=O)[O-]. The molecular weight excluding hydrogens is 346 g/mol. The van der Waals surface area contributed by atoms with Gasteiger partial charge in [-0.25, -0.2) is 0 Å². The number of pyridine rings is 1. The second-order valence-corrected chi connectivity index (χ2v) is 7.23. The molecule has 0 fully saturated rings. The van der Waals surface area contributed by atoms with Gasteiger partial charge in [-0.2, -0.15) is 0 Å². The van der Waals surface area contributed by atoms with Crippen LogP contribution in [0.5, 0.6) is 0 Å². The van der Waals surface area contributed by atoms with Gasteiger partial charge in [-0.3, -0.25) is 24.3 Å². The van der Waals surface area contributed by atoms with Gasteiger partial charge in [0.25, 0.3) is 11.2 Å². The third-order valence-electron chi connectivity index (χ3n) is 4.45. The topological polar surface area (TPSA) is 94.2 Å². The maximum absolute atomic E-state index is 12.6. The molecule has 2 aromatic rings. The number of carbonyl (C=O) groups excluding carboxylic acids is 1. The normalized spacial score (nSPS) is 11.1. The zero-order valence-electron chi connectivity index (χ0n) is 16.3. The van der Waals surface area contributed by atoms with Gasteiger partial charge < -0.3 is 5.32 Å². The highest BCUT2D eigenvalue weighted by atomic mass is 16.6. The van der Waals surface area contributed by atoms with E-state index in [0.717, 1.165) is 27.6 Å². The average molecular weight is 371 g/mol. The Morgan fingerprint density at radius 2 is 1.74 bits per heavy atom. The van der Waals surface area contributed by atoms with Crippen LogP contribution in [0, 0.1) is 17.0 Å². The van der Waals surface area contributed by atoms with Crippen LogP contribution in [-0.4, -0.2) is 15.4 Å². The Kier molecular flexibility index (Phi) is 6.15. The molecule has 0 atom stereocenters. The number of hydrogen-bond acceptors (Lipinski definition) is 4. The Hall–Kier alpha value is -2.96. The van der Waals surface area contributed by atoms with Gasteiger partial charge in [0.05, 0.1) is 11.1 Å². The molecule has 1 aromatic heterocycles. The summed E-state index contributed by atoms with van der Waals surface area (Å²) in [6.07, 6.45) is 1.12. The molecule has 1 heterocycles. The summed E-state index contributed by atoms with van der Waals surface area (Å²) >= 11 is 0. The number of benzene rings is 1. The van der Waals surface area contributed by atoms with Crippen molar-refractivity contribution in [2.24, 2.45) is 0 Å². The van der Waals surface area contributed by atoms with E-state index in [-0.39, 0.29) is 29.6 Å². The van der Waals surface area contributed by atoms with Crippen LogP contribution in [0.4, 0.5) is 11.4 Å². The highest BCUT2D eigenvalue weighted by Gasteiger charge is 2.18. The first-order valence-electron chi connectivity index (χ1n) is 8.90. The molecule has 1 amide bonds. The molecule has 0 unspecified atom stereocenters. The Labute approximate surface area is 158 Å². The third kappa shape index (κ3) is 4.61. The number of nitrogens with one attached hydrogen (secondary N) is 1. The number of nitro groups is 1. The number of hydrogen-bond donors (Lipinski definition) is 1. The molecule has 27 heavy (non-hydrogen) atoms. The highest BCUT2D eigenvalue weighted by molar-refractivity contribution is 5.92. The van der Waals surface area contributed by atoms with Gasteiger partial charge >= 0.3 is 0 Å². The molecule has 0 aliphatic carbocycles. The van der Waals surface area contributed by atoms with Crippen LogP contribution in [0.25, 0.3) is 0 Å². The molecule has 0 saturated carbocycles. The number of aromatic nitrogens is 1. The fourth-order valence-corrected chi connectivity index (χ4v) is 3.00. The molecule has 2 rings (SSSR count). The monoisotopic (exact) mass is 371 g/mol. The molecule has 0 radical (unpaired) electrons. The van der Waals surface area contributed by atoms with Crippen molar-refractivity contribution in [3.8, 4) is 0 Å². The fourth-order valence-electron chi connectivity index (χ4n) is 3.00. The lowest BCUT2D eigenvalue weighted by Crippen LogP contribution is -2.28. The van der Waals surface area contributed by atoms with E-state index in [0.29, 0.717) is 0 Å². The fraction of sp³-hybridized carbons (Fsp3) is 0.400. The lowest BCUT2D eigenvalue weighted by molar-refractivity contribution is -0.385. The Balaban J connectivity index is 2.36. The number of rotatable bonds is 6. The predicted molar refractivity (Wildman–Crippen MR) is 105 cm³/mol. The molecule has 0 aliphatic heterocycles. The molecule has 0 spiro atoms. The first-order valence-corrected chi connectivity index (χ1v) is 8.90. The van der Waals surface area contributed by atoms with Gasteiger partial charge in [0.2, 0.25) is 5.91 Å². The number of aryl methyl sites for hydroxylation is 1. The van der Waals surface area contributed by atoms with E-state index in [4.69, 9.17) is 0 Å². The number of para-hydroxylation sites is 1. The summed E-state index contributed by atoms with van der Waals surface area (Å²) in [5, 5.41) is 14.0. The molecule has 7 nitrogen and oxygen atoms in total. The van der Waals surface area contributed by atoms with E-state index in [1.165, 1.54) is 13.0 Å². The van der Waals surface area contributed by atoms with E-state index in [9.17, 15) is 19.7 Å². The van der Waals surface area contributed by atoms with E-state index < -0.39 is 16.4 Å². The molecule has 1 aromatic carbocycles. The van der Waals surface area contributed by atoms with Gasteiger partial charge in [-0.05, 0) is 29.9 Å². The van der Waals surface area contributed by atoms with Crippen LogP contribution in [0.1, 0.15) is 56.2 Å². The summed E-state index contributed by atoms with van der Waals surface area (Å²) in [4.78, 5) is 35.3. The molecule has 0 aliphatic rings. The van der Waals surface area contributed by atoms with Crippen molar-refractivity contribution in [3.63, 3.8) is 0 Å². The summed E-state index contributed by atoms with van der Waals surface area (Å²) in [5.74, 6) is 0.0228. The molecule has 1 N–H and O–H groups in total. The van der Waals surface area contributed by atoms with E-state index in [1.54, 1.807) is 0 Å². The lowest BCUT2D eigenvalue weighted by Gasteiger charge is -2.20. The van der Waals surface area contributed by atoms with Crippen LogP contribution in [0.2, 0.25) is 0 Å². The average Bonchev–Trinajstić information content (AvgIpc) is 2.56. The number of carbonyl (C=O) groups is 1. The van der Waals surface area contributed by atoms with Crippen LogP contribution in [0.3, 0.4) is 0 Å². The molecule has 7 heteroatoms. The predicted octanol–water partition coefficient (Wildman–Crippen LogP) is 3.95. The van der Waals surface area contributed by atoms with Crippen molar-refractivity contribution in [1.29, 1.82) is 0 Å². The molecule has 144 valence electrons. The minimum atomic E-state index is -0.561. The van der Waals surface area contributed by atoms with Crippen LogP contribution >= 0.6 is 0 Å². The standard InChI is InChI=1S/C20H25N3O4/c1-12(2)15-7-6-8-16(13(3)4)20(15)21-18(24)11-22-10-17(23(26)27)14(5)9-19(22)25/h6-10,12-13H,11H2,1-5H3,(H,21,24). The first-order chi connectivity index (χ1) is 12.6. The van der Waals surface area contributed by atoms with Gasteiger partial charge in [0, 0.05) is 17.3 Å². The van der Waals surface area contributed by atoms with Crippen LogP contribution in [0.15, 0.2) is 35.3 Å². The maximum atomic E-state index is 12.6. The summed E-state index contributed by atoms with van der Waals surface area (Å²) < 4.78 is 1.06. The van der Waals surface area contributed by atoms with Crippen molar-refractivity contribution < 1.29 is 9.72 Å². The van der Waals surface area contributed by atoms with Gasteiger partial charge in [-0.1, -0.05) is 45.9 Å². The summed E-state index contributed by atoms with van der Waals surface area (Å²) in [5.41, 5.74) is 2.41. The Morgan fingerprint density at radius 3 is 2.22 bits per heavy atom. The molecular formula is C20H25N3O4. The summed E-state index contributed by atoms with van der Waals surface area (Å²) in [6, 6.07) is 7.07. The first kappa shape index (κ1) is 20.4. The number of amides is 1. The second kappa shape index (κ2) is 8.16. The highest BCUT2D eigenvalue weighted by Crippen LogP contribution is 2.32. The number of nitrogens with zero attached hydrogens (tertiary/aromatic N) is 2. The van der Waals surface area contributed by atoms with Crippen LogP contribution < -0.4 is 10.9 Å². The van der Waals surface area contributed by atoms with Gasteiger partial charge in [0.1, 0.15) is 6.54 Å². The third-order valence-corrected chi connectivity index (χ3v) is 4.45. The van der Waals surface area contributed by atoms with Crippen molar-refractivity contribution in [3.05, 3.63) is 67.6 Å². The van der Waals surface area contributed by atoms with Crippen LogP contribution in [-0.2, 0) is 11.3 Å². The van der Waals surface area contributed by atoms with E-state index >= 15 is 0 Å². The minimum absolute atomic E-state index is 0.187. The quantitative estimate of drug-likeness (QED) is 0.614. The van der Waals surface area contributed by atoms with Crippen molar-refractivity contribution in [2.75, 3.05) is 5.32 Å². The van der Waals surface area contributed by atoms with E-state index in [1.807, 2.05) is 45.9 Å². The Morgan fingerprint density at radius 1 is 1.19 bits per heavy atom. The zero-order chi connectivity index (χ0) is 20.3. The number of anilines is 1. The van der Waals surface area contributed by atoms with Crippen molar-refractivity contribution >= 4 is 17.3 Å². The van der Waals surface area contributed by atoms with Crippen molar-refractivity contribution in [2.45, 2.75) is 53.0 Å². The largest absolute Gasteiger partial charge is 0.324 e. The zero-order valence-corrected chi connectivity index (χ0v) is 16.3. The minimum Gasteiger partial charge on any atom is -0.324 e.